The average Bonchev–Trinajstić information content (AvgIpc) is 2.23. The summed E-state index contributed by atoms with van der Waals surface area (Å²) >= 11 is 0. The van der Waals surface area contributed by atoms with Crippen molar-refractivity contribution in [2.75, 3.05) is 14.2 Å². The zero-order valence-electron chi connectivity index (χ0n) is 13.0. The van der Waals surface area contributed by atoms with Gasteiger partial charge in [0, 0.05) is 25.4 Å². The summed E-state index contributed by atoms with van der Waals surface area (Å²) in [5.74, 6) is 0.876. The van der Waals surface area contributed by atoms with Gasteiger partial charge in [0.2, 0.25) is 0 Å². The molecule has 0 fully saturated rings. The second kappa shape index (κ2) is 6.32. The van der Waals surface area contributed by atoms with Gasteiger partial charge in [0.25, 0.3) is 0 Å². The maximum atomic E-state index is 6.12. The fraction of sp³-hybridized carbons (Fsp3) is 1.00. The van der Waals surface area contributed by atoms with Gasteiger partial charge in [0.05, 0.1) is 0 Å². The van der Waals surface area contributed by atoms with Gasteiger partial charge in [-0.25, -0.2) is 0 Å². The molecule has 4 heteroatoms. The second-order valence-corrected chi connectivity index (χ2v) is 8.97. The Morgan fingerprint density at radius 2 is 1.18 bits per heavy atom. The quantitative estimate of drug-likeness (QED) is 0.655. The Morgan fingerprint density at radius 1 is 0.824 bits per heavy atom. The summed E-state index contributed by atoms with van der Waals surface area (Å²) in [5, 5.41) is -0.0826. The first-order valence-corrected chi connectivity index (χ1v) is 8.18. The van der Waals surface area contributed by atoms with Crippen LogP contribution in [0.1, 0.15) is 48.5 Å². The van der Waals surface area contributed by atoms with Crippen LogP contribution in [-0.2, 0) is 13.3 Å². The highest BCUT2D eigenvalue weighted by Gasteiger charge is 2.60. The summed E-state index contributed by atoms with van der Waals surface area (Å²) in [7, 11) is 0.733. The van der Waals surface area contributed by atoms with Crippen molar-refractivity contribution in [3.8, 4) is 0 Å². The van der Waals surface area contributed by atoms with E-state index >= 15 is 0 Å². The van der Waals surface area contributed by atoms with Crippen molar-refractivity contribution in [1.29, 1.82) is 0 Å². The van der Waals surface area contributed by atoms with Gasteiger partial charge in [0.15, 0.2) is 0 Å². The maximum Gasteiger partial charge on any atom is 0.507 e. The molecule has 104 valence electrons. The molecule has 0 N–H and O–H groups in total. The zero-order chi connectivity index (χ0) is 13.9. The molecule has 0 spiro atoms. The van der Waals surface area contributed by atoms with E-state index in [1.165, 1.54) is 0 Å². The Hall–Kier alpha value is 0.0969. The Labute approximate surface area is 108 Å². The summed E-state index contributed by atoms with van der Waals surface area (Å²) < 4.78 is 17.7. The van der Waals surface area contributed by atoms with Crippen molar-refractivity contribution in [2.45, 2.75) is 59.6 Å². The van der Waals surface area contributed by atoms with E-state index in [1.54, 1.807) is 14.2 Å². The Kier molecular flexibility index (Phi) is 6.35. The fourth-order valence-corrected chi connectivity index (χ4v) is 5.96. The minimum atomic E-state index is -2.69. The van der Waals surface area contributed by atoms with E-state index in [-0.39, 0.29) is 11.1 Å². The summed E-state index contributed by atoms with van der Waals surface area (Å²) in [6.45, 7) is 15.1. The summed E-state index contributed by atoms with van der Waals surface area (Å²) in [4.78, 5) is 0. The maximum absolute atomic E-state index is 6.12. The third kappa shape index (κ3) is 3.11. The lowest BCUT2D eigenvalue weighted by molar-refractivity contribution is 0.0254. The van der Waals surface area contributed by atoms with Crippen LogP contribution in [-0.4, -0.2) is 29.1 Å². The van der Waals surface area contributed by atoms with Crippen molar-refractivity contribution in [3.05, 3.63) is 0 Å². The summed E-state index contributed by atoms with van der Waals surface area (Å²) in [6.07, 6.45) is 0.110. The van der Waals surface area contributed by atoms with Gasteiger partial charge in [-0.15, -0.1) is 0 Å². The van der Waals surface area contributed by atoms with Crippen LogP contribution in [0.25, 0.3) is 0 Å². The summed E-state index contributed by atoms with van der Waals surface area (Å²) in [6, 6.07) is 0. The molecule has 0 aliphatic carbocycles. The van der Waals surface area contributed by atoms with E-state index in [4.69, 9.17) is 13.3 Å². The lowest BCUT2D eigenvalue weighted by atomic mass is 9.86. The molecule has 0 aliphatic heterocycles. The van der Waals surface area contributed by atoms with E-state index in [0.29, 0.717) is 11.8 Å². The normalized spacial score (nSPS) is 14.1. The van der Waals surface area contributed by atoms with Crippen molar-refractivity contribution >= 4 is 8.80 Å². The molecule has 0 saturated heterocycles. The Bertz CT molecular complexity index is 215. The lowest BCUT2D eigenvalue weighted by Gasteiger charge is -2.48. The molecule has 17 heavy (non-hydrogen) atoms. The molecule has 0 aromatic rings. The van der Waals surface area contributed by atoms with Gasteiger partial charge < -0.3 is 13.3 Å². The molecule has 0 amide bonds. The second-order valence-electron chi connectivity index (χ2n) is 5.72. The van der Waals surface area contributed by atoms with Gasteiger partial charge in [0.1, 0.15) is 0 Å². The van der Waals surface area contributed by atoms with E-state index in [0.717, 1.165) is 0 Å². The number of hydrogen-bond donors (Lipinski definition) is 0. The van der Waals surface area contributed by atoms with E-state index in [2.05, 4.69) is 34.6 Å². The number of hydrogen-bond acceptors (Lipinski definition) is 3. The van der Waals surface area contributed by atoms with E-state index < -0.39 is 8.80 Å². The van der Waals surface area contributed by atoms with Crippen LogP contribution in [0.4, 0.5) is 0 Å². The van der Waals surface area contributed by atoms with Crippen LogP contribution in [0.15, 0.2) is 0 Å². The highest BCUT2D eigenvalue weighted by Crippen LogP contribution is 2.52. The highest BCUT2D eigenvalue weighted by molar-refractivity contribution is 6.64. The highest BCUT2D eigenvalue weighted by atomic mass is 28.4. The molecule has 0 aromatic heterocycles. The predicted octanol–water partition coefficient (Wildman–Crippen LogP) is 3.72. The molecule has 3 nitrogen and oxygen atoms in total. The van der Waals surface area contributed by atoms with E-state index in [1.807, 2.05) is 13.8 Å². The fourth-order valence-electron chi connectivity index (χ4n) is 2.43. The van der Waals surface area contributed by atoms with Gasteiger partial charge in [-0.3, -0.25) is 0 Å². The van der Waals surface area contributed by atoms with E-state index in [9.17, 15) is 0 Å². The van der Waals surface area contributed by atoms with Crippen LogP contribution < -0.4 is 0 Å². The van der Waals surface area contributed by atoms with Crippen molar-refractivity contribution in [1.82, 2.24) is 0 Å². The van der Waals surface area contributed by atoms with Crippen LogP contribution in [0.3, 0.4) is 0 Å². The lowest BCUT2D eigenvalue weighted by Crippen LogP contribution is -2.59. The average molecular weight is 262 g/mol. The molecule has 0 heterocycles. The minimum absolute atomic E-state index is 0.0826. The minimum Gasteiger partial charge on any atom is -0.376 e. The Balaban J connectivity index is 5.52. The third-order valence-corrected chi connectivity index (χ3v) is 8.32. The third-order valence-electron chi connectivity index (χ3n) is 3.99. The first-order chi connectivity index (χ1) is 7.67. The topological polar surface area (TPSA) is 27.7 Å². The van der Waals surface area contributed by atoms with Crippen LogP contribution in [0.5, 0.6) is 0 Å². The molecular weight excluding hydrogens is 232 g/mol. The van der Waals surface area contributed by atoms with Crippen LogP contribution >= 0.6 is 0 Å². The van der Waals surface area contributed by atoms with Gasteiger partial charge in [-0.05, 0) is 25.7 Å². The van der Waals surface area contributed by atoms with Crippen LogP contribution in [0.2, 0.25) is 5.04 Å². The van der Waals surface area contributed by atoms with Gasteiger partial charge in [-0.1, -0.05) is 34.6 Å². The first kappa shape index (κ1) is 17.1. The zero-order valence-corrected chi connectivity index (χ0v) is 14.0. The van der Waals surface area contributed by atoms with Gasteiger partial charge >= 0.3 is 8.80 Å². The number of rotatable bonds is 7. The molecule has 0 atom stereocenters. The molecule has 0 bridgehead atoms. The monoisotopic (exact) mass is 262 g/mol. The molecule has 0 aliphatic rings. The predicted molar refractivity (Wildman–Crippen MR) is 74.0 cm³/mol. The standard InChI is InChI=1S/C13H30O3Si/c1-10(2)13(7,11(3)4)17(14-8,15-9)16-12(5)6/h10-12H,1-9H3. The van der Waals surface area contributed by atoms with Crippen molar-refractivity contribution < 1.29 is 13.3 Å². The molecule has 0 unspecified atom stereocenters. The van der Waals surface area contributed by atoms with Crippen molar-refractivity contribution in [3.63, 3.8) is 0 Å². The first-order valence-electron chi connectivity index (χ1n) is 6.46. The summed E-state index contributed by atoms with van der Waals surface area (Å²) in [5.41, 5.74) is 0. The molecular formula is C13H30O3Si. The molecule has 0 saturated carbocycles. The molecule has 0 aromatic carbocycles. The molecule has 0 radical (unpaired) electrons. The largest absolute Gasteiger partial charge is 0.507 e. The van der Waals surface area contributed by atoms with Crippen molar-refractivity contribution in [2.24, 2.45) is 11.8 Å². The molecule has 0 rings (SSSR count). The smallest absolute Gasteiger partial charge is 0.376 e. The SMILES string of the molecule is CO[Si](OC)(OC(C)C)C(C)(C(C)C)C(C)C. The van der Waals surface area contributed by atoms with Crippen LogP contribution in [0, 0.1) is 11.8 Å². The Morgan fingerprint density at radius 3 is 1.35 bits per heavy atom. The van der Waals surface area contributed by atoms with Gasteiger partial charge in [-0.2, -0.15) is 0 Å².